The largest absolute Gasteiger partial charge is 0.393 e. The molecule has 2 nitrogen and oxygen atoms in total. The zero-order chi connectivity index (χ0) is 13.0. The first-order valence-electron chi connectivity index (χ1n) is 7.12. The molecule has 18 heavy (non-hydrogen) atoms. The zero-order valence-corrected chi connectivity index (χ0v) is 11.6. The van der Waals surface area contributed by atoms with Crippen LogP contribution in [0.3, 0.4) is 0 Å². The highest BCUT2D eigenvalue weighted by molar-refractivity contribution is 5.33. The molecule has 0 aliphatic heterocycles. The summed E-state index contributed by atoms with van der Waals surface area (Å²) in [5, 5.41) is 13.5. The van der Waals surface area contributed by atoms with Gasteiger partial charge in [0.2, 0.25) is 0 Å². The van der Waals surface area contributed by atoms with Gasteiger partial charge in [-0.1, -0.05) is 31.0 Å². The highest BCUT2D eigenvalue weighted by Crippen LogP contribution is 2.23. The van der Waals surface area contributed by atoms with Crippen LogP contribution in [0.5, 0.6) is 0 Å². The summed E-state index contributed by atoms with van der Waals surface area (Å²) in [6.07, 6.45) is 4.52. The lowest BCUT2D eigenvalue weighted by atomic mass is 9.86. The quantitative estimate of drug-likeness (QED) is 0.857. The third kappa shape index (κ3) is 3.33. The van der Waals surface area contributed by atoms with E-state index >= 15 is 0 Å². The van der Waals surface area contributed by atoms with Crippen LogP contribution in [0.1, 0.15) is 42.4 Å². The average Bonchev–Trinajstić information content (AvgIpc) is 2.35. The Bertz CT molecular complexity index is 368. The Labute approximate surface area is 110 Å². The highest BCUT2D eigenvalue weighted by Gasteiger charge is 2.22. The van der Waals surface area contributed by atoms with Gasteiger partial charge in [-0.15, -0.1) is 0 Å². The van der Waals surface area contributed by atoms with Crippen molar-refractivity contribution >= 4 is 0 Å². The number of aliphatic hydroxyl groups excluding tert-OH is 1. The van der Waals surface area contributed by atoms with Crippen LogP contribution in [-0.2, 0) is 6.54 Å². The second-order valence-corrected chi connectivity index (χ2v) is 5.61. The number of aryl methyl sites for hydroxylation is 2. The molecule has 0 bridgehead atoms. The van der Waals surface area contributed by atoms with E-state index in [0.717, 1.165) is 19.5 Å². The van der Waals surface area contributed by atoms with E-state index < -0.39 is 0 Å². The molecule has 1 aliphatic rings. The molecule has 0 saturated heterocycles. The lowest BCUT2D eigenvalue weighted by molar-refractivity contribution is 0.0695. The Kier molecular flexibility index (Phi) is 4.79. The predicted octanol–water partition coefficient (Wildman–Crippen LogP) is 2.94. The third-order valence-electron chi connectivity index (χ3n) is 4.22. The highest BCUT2D eigenvalue weighted by atomic mass is 16.3. The number of hydrogen-bond acceptors (Lipinski definition) is 2. The summed E-state index contributed by atoms with van der Waals surface area (Å²) >= 11 is 0. The van der Waals surface area contributed by atoms with Gasteiger partial charge >= 0.3 is 0 Å². The summed E-state index contributed by atoms with van der Waals surface area (Å²) in [4.78, 5) is 0. The molecule has 0 radical (unpaired) electrons. The molecule has 2 unspecified atom stereocenters. The second-order valence-electron chi connectivity index (χ2n) is 5.61. The topological polar surface area (TPSA) is 32.3 Å². The maximum absolute atomic E-state index is 9.94. The first-order chi connectivity index (χ1) is 8.68. The Morgan fingerprint density at radius 1 is 1.17 bits per heavy atom. The van der Waals surface area contributed by atoms with E-state index in [9.17, 15) is 5.11 Å². The van der Waals surface area contributed by atoms with E-state index in [1.807, 2.05) is 0 Å². The number of rotatable bonds is 4. The maximum atomic E-state index is 9.94. The molecule has 2 heteroatoms. The van der Waals surface area contributed by atoms with Gasteiger partial charge in [0.1, 0.15) is 0 Å². The maximum Gasteiger partial charge on any atom is 0.0580 e. The zero-order valence-electron chi connectivity index (χ0n) is 11.6. The van der Waals surface area contributed by atoms with Crippen LogP contribution < -0.4 is 5.32 Å². The average molecular weight is 247 g/mol. The summed E-state index contributed by atoms with van der Waals surface area (Å²) in [6.45, 7) is 6.19. The van der Waals surface area contributed by atoms with Crippen molar-refractivity contribution in [3.63, 3.8) is 0 Å². The molecule has 2 rings (SSSR count). The van der Waals surface area contributed by atoms with Crippen LogP contribution in [-0.4, -0.2) is 17.8 Å². The van der Waals surface area contributed by atoms with Crippen molar-refractivity contribution in [2.45, 2.75) is 52.2 Å². The Balaban J connectivity index is 1.84. The fourth-order valence-corrected chi connectivity index (χ4v) is 2.94. The number of hydrogen-bond donors (Lipinski definition) is 2. The predicted molar refractivity (Wildman–Crippen MR) is 75.6 cm³/mol. The van der Waals surface area contributed by atoms with Gasteiger partial charge in [0.15, 0.2) is 0 Å². The molecule has 1 fully saturated rings. The minimum Gasteiger partial charge on any atom is -0.393 e. The van der Waals surface area contributed by atoms with E-state index in [2.05, 4.69) is 37.4 Å². The molecule has 100 valence electrons. The molecule has 0 aromatic heterocycles. The van der Waals surface area contributed by atoms with E-state index in [-0.39, 0.29) is 6.10 Å². The van der Waals surface area contributed by atoms with Crippen molar-refractivity contribution in [3.8, 4) is 0 Å². The van der Waals surface area contributed by atoms with Gasteiger partial charge in [-0.2, -0.15) is 0 Å². The molecule has 1 saturated carbocycles. The number of benzene rings is 1. The third-order valence-corrected chi connectivity index (χ3v) is 4.22. The van der Waals surface area contributed by atoms with E-state index in [1.165, 1.54) is 36.0 Å². The fourth-order valence-electron chi connectivity index (χ4n) is 2.94. The molecular weight excluding hydrogens is 222 g/mol. The van der Waals surface area contributed by atoms with Crippen molar-refractivity contribution < 1.29 is 5.11 Å². The van der Waals surface area contributed by atoms with Crippen LogP contribution in [0.15, 0.2) is 18.2 Å². The monoisotopic (exact) mass is 247 g/mol. The lowest BCUT2D eigenvalue weighted by Crippen LogP contribution is -2.33. The van der Waals surface area contributed by atoms with Crippen molar-refractivity contribution in [2.24, 2.45) is 5.92 Å². The molecule has 0 spiro atoms. The van der Waals surface area contributed by atoms with Crippen LogP contribution in [0.2, 0.25) is 0 Å². The van der Waals surface area contributed by atoms with E-state index in [0.29, 0.717) is 5.92 Å². The first-order valence-corrected chi connectivity index (χ1v) is 7.12. The number of aliphatic hydroxyl groups is 1. The van der Waals surface area contributed by atoms with Gasteiger partial charge in [0, 0.05) is 13.1 Å². The van der Waals surface area contributed by atoms with Gasteiger partial charge in [-0.05, 0) is 49.3 Å². The second kappa shape index (κ2) is 6.35. The van der Waals surface area contributed by atoms with Gasteiger partial charge < -0.3 is 10.4 Å². The van der Waals surface area contributed by atoms with E-state index in [4.69, 9.17) is 0 Å². The first kappa shape index (κ1) is 13.6. The van der Waals surface area contributed by atoms with Crippen LogP contribution in [0, 0.1) is 19.8 Å². The molecule has 1 aromatic carbocycles. The van der Waals surface area contributed by atoms with Gasteiger partial charge in [-0.25, -0.2) is 0 Å². The SMILES string of the molecule is Cc1cccc(C)c1CNCC1CCCCC1O. The van der Waals surface area contributed by atoms with Crippen molar-refractivity contribution in [1.82, 2.24) is 5.32 Å². The summed E-state index contributed by atoms with van der Waals surface area (Å²) in [7, 11) is 0. The molecule has 2 N–H and O–H groups in total. The smallest absolute Gasteiger partial charge is 0.0580 e. The van der Waals surface area contributed by atoms with Crippen molar-refractivity contribution in [1.29, 1.82) is 0 Å². The standard InChI is InChI=1S/C16H25NO/c1-12-6-5-7-13(2)15(12)11-17-10-14-8-3-4-9-16(14)18/h5-7,14,16-18H,3-4,8-11H2,1-2H3. The normalized spacial score (nSPS) is 24.2. The Morgan fingerprint density at radius 3 is 2.50 bits per heavy atom. The van der Waals surface area contributed by atoms with Gasteiger partial charge in [0.05, 0.1) is 6.10 Å². The van der Waals surface area contributed by atoms with Crippen LogP contribution >= 0.6 is 0 Å². The van der Waals surface area contributed by atoms with Crippen molar-refractivity contribution in [3.05, 3.63) is 34.9 Å². The molecule has 1 aliphatic carbocycles. The Hall–Kier alpha value is -0.860. The minimum atomic E-state index is -0.0933. The van der Waals surface area contributed by atoms with Gasteiger partial charge in [0.25, 0.3) is 0 Å². The molecular formula is C16H25NO. The van der Waals surface area contributed by atoms with E-state index in [1.54, 1.807) is 0 Å². The van der Waals surface area contributed by atoms with Gasteiger partial charge in [-0.3, -0.25) is 0 Å². The number of nitrogens with one attached hydrogen (secondary N) is 1. The summed E-state index contributed by atoms with van der Waals surface area (Å²) in [5.41, 5.74) is 4.11. The summed E-state index contributed by atoms with van der Waals surface area (Å²) < 4.78 is 0. The molecule has 2 atom stereocenters. The lowest BCUT2D eigenvalue weighted by Gasteiger charge is -2.28. The van der Waals surface area contributed by atoms with Crippen LogP contribution in [0.25, 0.3) is 0 Å². The minimum absolute atomic E-state index is 0.0933. The fraction of sp³-hybridized carbons (Fsp3) is 0.625. The molecule has 0 heterocycles. The molecule has 0 amide bonds. The molecule has 1 aromatic rings. The summed E-state index contributed by atoms with van der Waals surface area (Å²) in [6, 6.07) is 6.44. The summed E-state index contributed by atoms with van der Waals surface area (Å²) in [5.74, 6) is 0.447. The van der Waals surface area contributed by atoms with Crippen LogP contribution in [0.4, 0.5) is 0 Å². The Morgan fingerprint density at radius 2 is 1.83 bits per heavy atom. The van der Waals surface area contributed by atoms with Crippen molar-refractivity contribution in [2.75, 3.05) is 6.54 Å².